The van der Waals surface area contributed by atoms with Crippen molar-refractivity contribution >= 4 is 11.8 Å². The van der Waals surface area contributed by atoms with Gasteiger partial charge in [-0.3, -0.25) is 9.59 Å². The predicted molar refractivity (Wildman–Crippen MR) is 109 cm³/mol. The van der Waals surface area contributed by atoms with E-state index in [1.807, 2.05) is 0 Å². The van der Waals surface area contributed by atoms with Gasteiger partial charge in [-0.05, 0) is 48.7 Å². The van der Waals surface area contributed by atoms with Crippen molar-refractivity contribution in [3.8, 4) is 11.5 Å². The van der Waals surface area contributed by atoms with E-state index in [1.165, 1.54) is 0 Å². The quantitative estimate of drug-likeness (QED) is 0.620. The highest BCUT2D eigenvalue weighted by Crippen LogP contribution is 2.37. The van der Waals surface area contributed by atoms with Crippen LogP contribution in [-0.2, 0) is 23.7 Å². The van der Waals surface area contributed by atoms with E-state index in [9.17, 15) is 35.9 Å². The number of halogens is 6. The van der Waals surface area contributed by atoms with Crippen molar-refractivity contribution in [2.75, 3.05) is 19.9 Å². The third-order valence-electron chi connectivity index (χ3n) is 5.82. The molecule has 0 saturated carbocycles. The van der Waals surface area contributed by atoms with E-state index < -0.39 is 40.9 Å². The summed E-state index contributed by atoms with van der Waals surface area (Å²) < 4.78 is 89.4. The molecule has 0 spiro atoms. The van der Waals surface area contributed by atoms with Gasteiger partial charge in [0.1, 0.15) is 0 Å². The second kappa shape index (κ2) is 9.31. The maximum atomic E-state index is 13.1. The zero-order chi connectivity index (χ0) is 25.4. The monoisotopic (exact) mass is 502 g/mol. The number of nitrogens with one attached hydrogen (secondary N) is 1. The number of benzene rings is 2. The van der Waals surface area contributed by atoms with E-state index in [4.69, 9.17) is 9.47 Å². The maximum absolute atomic E-state index is 13.1. The van der Waals surface area contributed by atoms with Gasteiger partial charge in [0.15, 0.2) is 11.5 Å². The molecule has 12 heteroatoms. The van der Waals surface area contributed by atoms with Crippen molar-refractivity contribution in [1.82, 2.24) is 10.2 Å². The SMILES string of the molecule is O=C(NCc1ccc2c(c1)OCO2)C1CCCN(C(=O)c2cc(C(F)(F)F)cc(C(F)(F)F)c2)C1. The summed E-state index contributed by atoms with van der Waals surface area (Å²) in [6.45, 7) is 0.266. The molecule has 4 rings (SSSR count). The number of likely N-dealkylation sites (tertiary alicyclic amines) is 1. The van der Waals surface area contributed by atoms with Gasteiger partial charge in [-0.15, -0.1) is 0 Å². The number of amides is 2. The van der Waals surface area contributed by atoms with Gasteiger partial charge in [0.2, 0.25) is 12.7 Å². The number of carbonyl (C=O) groups excluding carboxylic acids is 2. The Bertz CT molecular complexity index is 1100. The zero-order valence-electron chi connectivity index (χ0n) is 18.1. The summed E-state index contributed by atoms with van der Waals surface area (Å²) in [4.78, 5) is 26.6. The number of piperidine rings is 1. The first-order valence-electron chi connectivity index (χ1n) is 10.7. The highest BCUT2D eigenvalue weighted by atomic mass is 19.4. The molecule has 6 nitrogen and oxygen atoms in total. The van der Waals surface area contributed by atoms with Crippen LogP contribution in [0.4, 0.5) is 26.3 Å². The zero-order valence-corrected chi connectivity index (χ0v) is 18.1. The van der Waals surface area contributed by atoms with Crippen LogP contribution in [0.5, 0.6) is 11.5 Å². The van der Waals surface area contributed by atoms with Gasteiger partial charge in [-0.1, -0.05) is 6.07 Å². The Labute approximate surface area is 195 Å². The average molecular weight is 502 g/mol. The minimum atomic E-state index is -5.06. The molecule has 1 atom stereocenters. The number of hydrogen-bond donors (Lipinski definition) is 1. The molecule has 1 unspecified atom stereocenters. The Morgan fingerprint density at radius 2 is 1.60 bits per heavy atom. The second-order valence-corrected chi connectivity index (χ2v) is 8.29. The van der Waals surface area contributed by atoms with E-state index in [-0.39, 0.29) is 38.4 Å². The van der Waals surface area contributed by atoms with Crippen LogP contribution in [-0.4, -0.2) is 36.6 Å². The second-order valence-electron chi connectivity index (χ2n) is 8.29. The van der Waals surface area contributed by atoms with Crippen molar-refractivity contribution in [1.29, 1.82) is 0 Å². The van der Waals surface area contributed by atoms with Crippen LogP contribution < -0.4 is 14.8 Å². The molecule has 1 N–H and O–H groups in total. The molecule has 35 heavy (non-hydrogen) atoms. The average Bonchev–Trinajstić information content (AvgIpc) is 3.28. The number of nitrogens with zero attached hydrogens (tertiary/aromatic N) is 1. The van der Waals surface area contributed by atoms with Crippen LogP contribution in [0.25, 0.3) is 0 Å². The minimum Gasteiger partial charge on any atom is -0.454 e. The molecule has 2 aliphatic heterocycles. The summed E-state index contributed by atoms with van der Waals surface area (Å²) in [7, 11) is 0. The van der Waals surface area contributed by atoms with Gasteiger partial charge >= 0.3 is 12.4 Å². The summed E-state index contributed by atoms with van der Waals surface area (Å²) >= 11 is 0. The molecule has 188 valence electrons. The predicted octanol–water partition coefficient (Wildman–Crippen LogP) is 4.62. The third kappa shape index (κ3) is 5.63. The molecule has 2 amide bonds. The number of rotatable bonds is 4. The molecule has 1 saturated heterocycles. The minimum absolute atomic E-state index is 0.0284. The fourth-order valence-electron chi connectivity index (χ4n) is 4.02. The standard InChI is InChI=1S/C23H20F6N2O4/c24-22(25,26)16-7-15(8-17(9-16)23(27,28)29)21(33)31-5-1-2-14(11-31)20(32)30-10-13-3-4-18-19(6-13)35-12-34-18/h3-4,6-9,14H,1-2,5,10-12H2,(H,30,32). The molecular weight excluding hydrogens is 482 g/mol. The van der Waals surface area contributed by atoms with E-state index >= 15 is 0 Å². The van der Waals surface area contributed by atoms with Gasteiger partial charge < -0.3 is 19.7 Å². The summed E-state index contributed by atoms with van der Waals surface area (Å²) in [6, 6.07) is 5.94. The first-order valence-corrected chi connectivity index (χ1v) is 10.7. The molecule has 2 aliphatic rings. The molecule has 0 aromatic heterocycles. The Morgan fingerprint density at radius 1 is 0.943 bits per heavy atom. The number of ether oxygens (including phenoxy) is 2. The summed E-state index contributed by atoms with van der Waals surface area (Å²) in [6.07, 6.45) is -9.32. The van der Waals surface area contributed by atoms with Crippen LogP contribution in [0.3, 0.4) is 0 Å². The van der Waals surface area contributed by atoms with Gasteiger partial charge in [0.05, 0.1) is 17.0 Å². The van der Waals surface area contributed by atoms with Crippen LogP contribution >= 0.6 is 0 Å². The van der Waals surface area contributed by atoms with Crippen molar-refractivity contribution in [3.05, 3.63) is 58.7 Å². The molecule has 0 aliphatic carbocycles. The summed E-state index contributed by atoms with van der Waals surface area (Å²) in [5, 5.41) is 2.75. The van der Waals surface area contributed by atoms with E-state index in [0.717, 1.165) is 10.5 Å². The molecule has 0 radical (unpaired) electrons. The third-order valence-corrected chi connectivity index (χ3v) is 5.82. The fraction of sp³-hybridized carbons (Fsp3) is 0.391. The lowest BCUT2D eigenvalue weighted by atomic mass is 9.95. The summed E-state index contributed by atoms with van der Waals surface area (Å²) in [5.74, 6) is -0.889. The Balaban J connectivity index is 1.44. The van der Waals surface area contributed by atoms with E-state index in [1.54, 1.807) is 18.2 Å². The highest BCUT2D eigenvalue weighted by Gasteiger charge is 2.38. The largest absolute Gasteiger partial charge is 0.454 e. The van der Waals surface area contributed by atoms with Crippen LogP contribution in [0, 0.1) is 5.92 Å². The number of hydrogen-bond acceptors (Lipinski definition) is 4. The number of fused-ring (bicyclic) bond motifs is 1. The lowest BCUT2D eigenvalue weighted by Crippen LogP contribution is -2.45. The van der Waals surface area contributed by atoms with Crippen LogP contribution in [0.15, 0.2) is 36.4 Å². The molecular formula is C23H20F6N2O4. The van der Waals surface area contributed by atoms with Crippen LogP contribution in [0.2, 0.25) is 0 Å². The maximum Gasteiger partial charge on any atom is 0.416 e. The molecule has 2 aromatic rings. The van der Waals surface area contributed by atoms with Crippen molar-refractivity contribution in [2.45, 2.75) is 31.7 Å². The first kappa shape index (κ1) is 24.7. The smallest absolute Gasteiger partial charge is 0.416 e. The lowest BCUT2D eigenvalue weighted by molar-refractivity contribution is -0.143. The van der Waals surface area contributed by atoms with Crippen molar-refractivity contribution in [2.24, 2.45) is 5.92 Å². The van der Waals surface area contributed by atoms with Crippen molar-refractivity contribution in [3.63, 3.8) is 0 Å². The van der Waals surface area contributed by atoms with E-state index in [0.29, 0.717) is 36.5 Å². The molecule has 2 aromatic carbocycles. The first-order chi connectivity index (χ1) is 16.4. The lowest BCUT2D eigenvalue weighted by Gasteiger charge is -2.32. The Morgan fingerprint density at radius 3 is 2.26 bits per heavy atom. The topological polar surface area (TPSA) is 67.9 Å². The van der Waals surface area contributed by atoms with Gasteiger partial charge in [-0.25, -0.2) is 0 Å². The van der Waals surface area contributed by atoms with Gasteiger partial charge in [-0.2, -0.15) is 26.3 Å². The van der Waals surface area contributed by atoms with E-state index in [2.05, 4.69) is 5.32 Å². The number of alkyl halides is 6. The molecule has 2 heterocycles. The Kier molecular flexibility index (Phi) is 6.56. The molecule has 0 bridgehead atoms. The van der Waals surface area contributed by atoms with Crippen molar-refractivity contribution < 1.29 is 45.4 Å². The summed E-state index contributed by atoms with van der Waals surface area (Å²) in [5.41, 5.74) is -3.11. The van der Waals surface area contributed by atoms with Gasteiger partial charge in [0.25, 0.3) is 5.91 Å². The normalized spacial score (nSPS) is 17.9. The Hall–Kier alpha value is -3.44. The van der Waals surface area contributed by atoms with Crippen LogP contribution in [0.1, 0.15) is 39.9 Å². The molecule has 1 fully saturated rings. The fourth-order valence-corrected chi connectivity index (χ4v) is 4.02. The number of carbonyl (C=O) groups is 2. The highest BCUT2D eigenvalue weighted by molar-refractivity contribution is 5.95. The van der Waals surface area contributed by atoms with Gasteiger partial charge in [0, 0.05) is 25.2 Å².